The van der Waals surface area contributed by atoms with Crippen LogP contribution in [0, 0.1) is 11.8 Å². The highest BCUT2D eigenvalue weighted by atomic mass is 16.5. The van der Waals surface area contributed by atoms with E-state index < -0.39 is 36.0 Å². The molecule has 6 heteroatoms. The van der Waals surface area contributed by atoms with Gasteiger partial charge in [0.2, 0.25) is 0 Å². The fourth-order valence-electron chi connectivity index (χ4n) is 1.62. The van der Waals surface area contributed by atoms with E-state index in [0.29, 0.717) is 12.8 Å². The minimum absolute atomic E-state index is 0.0454. The molecule has 0 heterocycles. The Balaban J connectivity index is 4.26. The number of aliphatic hydroxyl groups is 2. The van der Waals surface area contributed by atoms with Crippen molar-refractivity contribution in [2.75, 3.05) is 13.2 Å². The van der Waals surface area contributed by atoms with Crippen LogP contribution in [0.25, 0.3) is 0 Å². The van der Waals surface area contributed by atoms with E-state index in [1.54, 1.807) is 6.92 Å². The van der Waals surface area contributed by atoms with Crippen LogP contribution in [0.5, 0.6) is 0 Å². The number of carbonyl (C=O) groups is 2. The van der Waals surface area contributed by atoms with Crippen molar-refractivity contribution in [3.63, 3.8) is 0 Å². The summed E-state index contributed by atoms with van der Waals surface area (Å²) in [5.41, 5.74) is 0. The maximum absolute atomic E-state index is 11.8. The van der Waals surface area contributed by atoms with Gasteiger partial charge in [-0.25, -0.2) is 0 Å². The number of ether oxygens (including phenoxy) is 2. The molecule has 0 aliphatic carbocycles. The normalized spacial score (nSPS) is 16.9. The highest BCUT2D eigenvalue weighted by molar-refractivity contribution is 5.75. The number of carbonyl (C=O) groups excluding carboxylic acids is 2. The second-order valence-electron chi connectivity index (χ2n) is 5.20. The van der Waals surface area contributed by atoms with E-state index in [0.717, 1.165) is 0 Å². The molecule has 0 rings (SSSR count). The first kappa shape index (κ1) is 18.9. The van der Waals surface area contributed by atoms with E-state index in [9.17, 15) is 9.59 Å². The number of rotatable bonds is 9. The Labute approximate surface area is 120 Å². The Morgan fingerprint density at radius 3 is 1.80 bits per heavy atom. The van der Waals surface area contributed by atoms with Crippen molar-refractivity contribution in [2.24, 2.45) is 11.8 Å². The topological polar surface area (TPSA) is 93.1 Å². The van der Waals surface area contributed by atoms with Gasteiger partial charge >= 0.3 is 11.9 Å². The van der Waals surface area contributed by atoms with E-state index in [-0.39, 0.29) is 13.2 Å². The summed E-state index contributed by atoms with van der Waals surface area (Å²) in [5.74, 6) is -1.70. The van der Waals surface area contributed by atoms with E-state index >= 15 is 0 Å². The number of esters is 2. The lowest BCUT2D eigenvalue weighted by atomic mass is 9.94. The summed E-state index contributed by atoms with van der Waals surface area (Å²) in [7, 11) is 0. The standard InChI is InChI=1S/C14H26O6/c1-5-12(14(18)20-8-11(4)16)6-9(2)13(17)19-7-10(3)15/h9-12,15-16H,5-8H2,1-4H3. The van der Waals surface area contributed by atoms with Gasteiger partial charge < -0.3 is 19.7 Å². The molecule has 2 N–H and O–H groups in total. The predicted octanol–water partition coefficient (Wildman–Crippen LogP) is 0.887. The smallest absolute Gasteiger partial charge is 0.309 e. The molecule has 0 fully saturated rings. The quantitative estimate of drug-likeness (QED) is 0.613. The lowest BCUT2D eigenvalue weighted by Gasteiger charge is -2.18. The maximum atomic E-state index is 11.8. The number of hydrogen-bond acceptors (Lipinski definition) is 6. The Bertz CT molecular complexity index is 300. The van der Waals surface area contributed by atoms with Gasteiger partial charge in [-0.3, -0.25) is 9.59 Å². The van der Waals surface area contributed by atoms with Gasteiger partial charge in [0.05, 0.1) is 24.0 Å². The molecule has 0 aliphatic heterocycles. The Morgan fingerprint density at radius 2 is 1.40 bits per heavy atom. The lowest BCUT2D eigenvalue weighted by Crippen LogP contribution is -2.27. The fraction of sp³-hybridized carbons (Fsp3) is 0.857. The maximum Gasteiger partial charge on any atom is 0.309 e. The fourth-order valence-corrected chi connectivity index (χ4v) is 1.62. The largest absolute Gasteiger partial charge is 0.463 e. The van der Waals surface area contributed by atoms with Crippen molar-refractivity contribution in [1.29, 1.82) is 0 Å². The molecule has 0 bridgehead atoms. The van der Waals surface area contributed by atoms with Gasteiger partial charge in [-0.15, -0.1) is 0 Å². The summed E-state index contributed by atoms with van der Waals surface area (Å²) >= 11 is 0. The monoisotopic (exact) mass is 290 g/mol. The van der Waals surface area contributed by atoms with E-state index in [4.69, 9.17) is 19.7 Å². The number of hydrogen-bond donors (Lipinski definition) is 2. The Morgan fingerprint density at radius 1 is 0.950 bits per heavy atom. The molecule has 6 nitrogen and oxygen atoms in total. The van der Waals surface area contributed by atoms with E-state index in [2.05, 4.69) is 0 Å². The second kappa shape index (κ2) is 9.72. The molecular formula is C14H26O6. The van der Waals surface area contributed by atoms with Gasteiger partial charge in [0.1, 0.15) is 13.2 Å². The van der Waals surface area contributed by atoms with Crippen LogP contribution in [-0.4, -0.2) is 47.6 Å². The van der Waals surface area contributed by atoms with Crippen LogP contribution in [0.1, 0.15) is 40.5 Å². The summed E-state index contributed by atoms with van der Waals surface area (Å²) in [6, 6.07) is 0. The summed E-state index contributed by atoms with van der Waals surface area (Å²) in [4.78, 5) is 23.4. The van der Waals surface area contributed by atoms with Crippen molar-refractivity contribution in [1.82, 2.24) is 0 Å². The molecule has 0 saturated carbocycles. The molecule has 0 aromatic heterocycles. The van der Waals surface area contributed by atoms with Gasteiger partial charge in [-0.05, 0) is 26.7 Å². The molecular weight excluding hydrogens is 264 g/mol. The minimum atomic E-state index is -0.705. The van der Waals surface area contributed by atoms with Crippen LogP contribution in [0.4, 0.5) is 0 Å². The molecule has 0 aromatic carbocycles. The van der Waals surface area contributed by atoms with Crippen LogP contribution in [-0.2, 0) is 19.1 Å². The van der Waals surface area contributed by atoms with Crippen LogP contribution < -0.4 is 0 Å². The average Bonchev–Trinajstić information content (AvgIpc) is 2.38. The van der Waals surface area contributed by atoms with Crippen LogP contribution in [0.15, 0.2) is 0 Å². The van der Waals surface area contributed by atoms with Gasteiger partial charge in [-0.1, -0.05) is 13.8 Å². The van der Waals surface area contributed by atoms with Crippen molar-refractivity contribution < 1.29 is 29.3 Å². The molecule has 0 spiro atoms. The summed E-state index contributed by atoms with van der Waals surface area (Å²) < 4.78 is 9.86. The predicted molar refractivity (Wildman–Crippen MR) is 72.8 cm³/mol. The minimum Gasteiger partial charge on any atom is -0.463 e. The molecule has 20 heavy (non-hydrogen) atoms. The molecule has 4 atom stereocenters. The first-order valence-electron chi connectivity index (χ1n) is 6.97. The zero-order chi connectivity index (χ0) is 15.7. The van der Waals surface area contributed by atoms with Gasteiger partial charge in [0.15, 0.2) is 0 Å². The molecule has 118 valence electrons. The zero-order valence-corrected chi connectivity index (χ0v) is 12.7. The highest BCUT2D eigenvalue weighted by Crippen LogP contribution is 2.18. The van der Waals surface area contributed by atoms with Crippen LogP contribution >= 0.6 is 0 Å². The first-order chi connectivity index (χ1) is 9.27. The molecule has 0 saturated heterocycles. The van der Waals surface area contributed by atoms with Gasteiger partial charge in [-0.2, -0.15) is 0 Å². The Kier molecular flexibility index (Phi) is 9.16. The van der Waals surface area contributed by atoms with E-state index in [1.165, 1.54) is 13.8 Å². The summed E-state index contributed by atoms with van der Waals surface area (Å²) in [6.07, 6.45) is -0.533. The van der Waals surface area contributed by atoms with E-state index in [1.807, 2.05) is 6.92 Å². The molecule has 0 radical (unpaired) electrons. The molecule has 0 amide bonds. The SMILES string of the molecule is CCC(CC(C)C(=O)OCC(C)O)C(=O)OCC(C)O. The van der Waals surface area contributed by atoms with Crippen molar-refractivity contribution in [2.45, 2.75) is 52.7 Å². The third-order valence-corrected chi connectivity index (χ3v) is 2.80. The Hall–Kier alpha value is -1.14. The molecule has 0 aromatic rings. The van der Waals surface area contributed by atoms with Crippen molar-refractivity contribution in [3.05, 3.63) is 0 Å². The molecule has 0 aliphatic rings. The van der Waals surface area contributed by atoms with Gasteiger partial charge in [0, 0.05) is 0 Å². The van der Waals surface area contributed by atoms with Crippen LogP contribution in [0.2, 0.25) is 0 Å². The summed E-state index contributed by atoms with van der Waals surface area (Å²) in [5, 5.41) is 18.1. The second-order valence-corrected chi connectivity index (χ2v) is 5.20. The highest BCUT2D eigenvalue weighted by Gasteiger charge is 2.25. The third-order valence-electron chi connectivity index (χ3n) is 2.80. The van der Waals surface area contributed by atoms with Crippen molar-refractivity contribution in [3.8, 4) is 0 Å². The lowest BCUT2D eigenvalue weighted by molar-refractivity contribution is -0.155. The average molecular weight is 290 g/mol. The summed E-state index contributed by atoms with van der Waals surface area (Å²) in [6.45, 7) is 6.48. The zero-order valence-electron chi connectivity index (χ0n) is 12.7. The third kappa shape index (κ3) is 8.12. The van der Waals surface area contributed by atoms with Crippen LogP contribution in [0.3, 0.4) is 0 Å². The number of aliphatic hydroxyl groups excluding tert-OH is 2. The first-order valence-corrected chi connectivity index (χ1v) is 6.97. The molecule has 4 unspecified atom stereocenters. The van der Waals surface area contributed by atoms with Crippen molar-refractivity contribution >= 4 is 11.9 Å². The van der Waals surface area contributed by atoms with Gasteiger partial charge in [0.25, 0.3) is 0 Å².